The SMILES string of the molecule is O=C(Nc1ncc(-c2ccccc2)s1)c1ccc(OCc2ccccc2)cc1. The molecule has 1 amide bonds. The Morgan fingerprint density at radius 3 is 2.29 bits per heavy atom. The molecular weight excluding hydrogens is 368 g/mol. The lowest BCUT2D eigenvalue weighted by molar-refractivity contribution is 0.102. The van der Waals surface area contributed by atoms with Crippen LogP contribution in [0.2, 0.25) is 0 Å². The van der Waals surface area contributed by atoms with Crippen LogP contribution >= 0.6 is 11.3 Å². The molecule has 0 spiro atoms. The quantitative estimate of drug-likeness (QED) is 0.466. The Labute approximate surface area is 167 Å². The highest BCUT2D eigenvalue weighted by atomic mass is 32.1. The molecule has 3 aromatic carbocycles. The van der Waals surface area contributed by atoms with Crippen molar-refractivity contribution in [2.24, 2.45) is 0 Å². The summed E-state index contributed by atoms with van der Waals surface area (Å²) in [6, 6.07) is 27.0. The van der Waals surface area contributed by atoms with Crippen molar-refractivity contribution in [1.82, 2.24) is 4.98 Å². The van der Waals surface area contributed by atoms with Gasteiger partial charge in [-0.05, 0) is 35.4 Å². The van der Waals surface area contributed by atoms with E-state index in [1.54, 1.807) is 30.5 Å². The lowest BCUT2D eigenvalue weighted by Gasteiger charge is -2.07. The van der Waals surface area contributed by atoms with Gasteiger partial charge in [0.15, 0.2) is 5.13 Å². The molecule has 4 rings (SSSR count). The van der Waals surface area contributed by atoms with Gasteiger partial charge in [0.1, 0.15) is 12.4 Å². The van der Waals surface area contributed by atoms with Crippen LogP contribution in [0.4, 0.5) is 5.13 Å². The molecule has 1 heterocycles. The predicted molar refractivity (Wildman–Crippen MR) is 113 cm³/mol. The Balaban J connectivity index is 1.37. The molecule has 0 unspecified atom stereocenters. The van der Waals surface area contributed by atoms with Gasteiger partial charge in [-0.3, -0.25) is 10.1 Å². The summed E-state index contributed by atoms with van der Waals surface area (Å²) in [6.45, 7) is 0.494. The topological polar surface area (TPSA) is 51.2 Å². The number of carbonyl (C=O) groups is 1. The van der Waals surface area contributed by atoms with E-state index in [1.807, 2.05) is 60.7 Å². The van der Waals surface area contributed by atoms with Crippen molar-refractivity contribution >= 4 is 22.4 Å². The maximum atomic E-state index is 12.5. The molecule has 5 heteroatoms. The number of carbonyl (C=O) groups excluding carboxylic acids is 1. The lowest BCUT2D eigenvalue weighted by atomic mass is 10.2. The van der Waals surface area contributed by atoms with Gasteiger partial charge in [0.25, 0.3) is 5.91 Å². The fourth-order valence-electron chi connectivity index (χ4n) is 2.68. The van der Waals surface area contributed by atoms with E-state index in [9.17, 15) is 4.79 Å². The van der Waals surface area contributed by atoms with Gasteiger partial charge in [0, 0.05) is 11.8 Å². The van der Waals surface area contributed by atoms with Gasteiger partial charge >= 0.3 is 0 Å². The van der Waals surface area contributed by atoms with E-state index in [0.717, 1.165) is 21.8 Å². The second-order valence-electron chi connectivity index (χ2n) is 6.15. The Kier molecular flexibility index (Phi) is 5.45. The number of hydrogen-bond donors (Lipinski definition) is 1. The lowest BCUT2D eigenvalue weighted by Crippen LogP contribution is -2.11. The summed E-state index contributed by atoms with van der Waals surface area (Å²) >= 11 is 1.45. The van der Waals surface area contributed by atoms with Crippen LogP contribution < -0.4 is 10.1 Å². The van der Waals surface area contributed by atoms with E-state index in [-0.39, 0.29) is 5.91 Å². The standard InChI is InChI=1S/C23H18N2O2S/c26-22(25-23-24-15-21(28-23)18-9-5-2-6-10-18)19-11-13-20(14-12-19)27-16-17-7-3-1-4-8-17/h1-15H,16H2,(H,24,25,26). The van der Waals surface area contributed by atoms with Gasteiger partial charge in [-0.2, -0.15) is 0 Å². The van der Waals surface area contributed by atoms with Gasteiger partial charge in [-0.25, -0.2) is 4.98 Å². The molecule has 0 aliphatic carbocycles. The van der Waals surface area contributed by atoms with E-state index in [1.165, 1.54) is 11.3 Å². The normalized spacial score (nSPS) is 10.4. The minimum absolute atomic E-state index is 0.191. The molecule has 0 fully saturated rings. The third-order valence-corrected chi connectivity index (χ3v) is 5.11. The minimum Gasteiger partial charge on any atom is -0.489 e. The number of rotatable bonds is 6. The zero-order valence-electron chi connectivity index (χ0n) is 15.0. The number of nitrogens with zero attached hydrogens (tertiary/aromatic N) is 1. The third kappa shape index (κ3) is 4.45. The molecule has 0 bridgehead atoms. The first-order chi connectivity index (χ1) is 13.8. The molecule has 1 aromatic heterocycles. The van der Waals surface area contributed by atoms with Crippen molar-refractivity contribution in [3.63, 3.8) is 0 Å². The van der Waals surface area contributed by atoms with Crippen molar-refractivity contribution in [2.75, 3.05) is 5.32 Å². The molecule has 0 saturated carbocycles. The molecule has 0 atom stereocenters. The first-order valence-electron chi connectivity index (χ1n) is 8.87. The number of ether oxygens (including phenoxy) is 1. The van der Waals surface area contributed by atoms with Crippen LogP contribution in [0, 0.1) is 0 Å². The van der Waals surface area contributed by atoms with Crippen LogP contribution in [0.25, 0.3) is 10.4 Å². The van der Waals surface area contributed by atoms with Crippen molar-refractivity contribution in [1.29, 1.82) is 0 Å². The highest BCUT2D eigenvalue weighted by molar-refractivity contribution is 7.19. The number of amides is 1. The van der Waals surface area contributed by atoms with E-state index in [4.69, 9.17) is 4.74 Å². The molecular formula is C23H18N2O2S. The van der Waals surface area contributed by atoms with Crippen LogP contribution in [-0.2, 0) is 6.61 Å². The number of aromatic nitrogens is 1. The fourth-order valence-corrected chi connectivity index (χ4v) is 3.50. The summed E-state index contributed by atoms with van der Waals surface area (Å²) in [5.74, 6) is 0.532. The zero-order valence-corrected chi connectivity index (χ0v) is 15.9. The summed E-state index contributed by atoms with van der Waals surface area (Å²) in [6.07, 6.45) is 1.77. The van der Waals surface area contributed by atoms with Crippen molar-refractivity contribution < 1.29 is 9.53 Å². The molecule has 0 radical (unpaired) electrons. The van der Waals surface area contributed by atoms with E-state index >= 15 is 0 Å². The Morgan fingerprint density at radius 2 is 1.57 bits per heavy atom. The van der Waals surface area contributed by atoms with Gasteiger partial charge < -0.3 is 4.74 Å². The second-order valence-corrected chi connectivity index (χ2v) is 7.18. The summed E-state index contributed by atoms with van der Waals surface area (Å²) in [7, 11) is 0. The number of hydrogen-bond acceptors (Lipinski definition) is 4. The van der Waals surface area contributed by atoms with Crippen LogP contribution in [0.3, 0.4) is 0 Å². The summed E-state index contributed by atoms with van der Waals surface area (Å²) in [5, 5.41) is 3.43. The van der Waals surface area contributed by atoms with E-state index in [0.29, 0.717) is 17.3 Å². The Hall–Kier alpha value is -3.44. The summed E-state index contributed by atoms with van der Waals surface area (Å²) < 4.78 is 5.76. The molecule has 4 nitrogen and oxygen atoms in total. The first kappa shape index (κ1) is 17.9. The highest BCUT2D eigenvalue weighted by Gasteiger charge is 2.10. The molecule has 0 saturated heterocycles. The first-order valence-corrected chi connectivity index (χ1v) is 9.69. The highest BCUT2D eigenvalue weighted by Crippen LogP contribution is 2.29. The van der Waals surface area contributed by atoms with Crippen molar-refractivity contribution in [3.05, 3.63) is 102 Å². The maximum Gasteiger partial charge on any atom is 0.257 e. The number of anilines is 1. The van der Waals surface area contributed by atoms with Gasteiger partial charge in [0.2, 0.25) is 0 Å². The largest absolute Gasteiger partial charge is 0.489 e. The van der Waals surface area contributed by atoms with Crippen molar-refractivity contribution in [2.45, 2.75) is 6.61 Å². The van der Waals surface area contributed by atoms with Crippen molar-refractivity contribution in [3.8, 4) is 16.2 Å². The number of nitrogens with one attached hydrogen (secondary N) is 1. The molecule has 0 aliphatic rings. The smallest absolute Gasteiger partial charge is 0.257 e. The minimum atomic E-state index is -0.191. The fraction of sp³-hybridized carbons (Fsp3) is 0.0435. The molecule has 4 aromatic rings. The maximum absolute atomic E-state index is 12.5. The van der Waals surface area contributed by atoms with Gasteiger partial charge in [-0.15, -0.1) is 0 Å². The molecule has 1 N–H and O–H groups in total. The predicted octanol–water partition coefficient (Wildman–Crippen LogP) is 5.64. The summed E-state index contributed by atoms with van der Waals surface area (Å²) in [4.78, 5) is 17.8. The van der Waals surface area contributed by atoms with Crippen LogP contribution in [0.1, 0.15) is 15.9 Å². The number of benzene rings is 3. The Bertz CT molecular complexity index is 1040. The zero-order chi connectivity index (χ0) is 19.2. The molecule has 28 heavy (non-hydrogen) atoms. The van der Waals surface area contributed by atoms with Gasteiger partial charge in [-0.1, -0.05) is 72.0 Å². The average Bonchev–Trinajstić information content (AvgIpc) is 3.22. The third-order valence-electron chi connectivity index (χ3n) is 4.15. The second kappa shape index (κ2) is 8.50. The van der Waals surface area contributed by atoms with Crippen LogP contribution in [0.15, 0.2) is 91.1 Å². The van der Waals surface area contributed by atoms with Crippen LogP contribution in [-0.4, -0.2) is 10.9 Å². The monoisotopic (exact) mass is 386 g/mol. The Morgan fingerprint density at radius 1 is 0.893 bits per heavy atom. The van der Waals surface area contributed by atoms with Crippen LogP contribution in [0.5, 0.6) is 5.75 Å². The average molecular weight is 386 g/mol. The van der Waals surface area contributed by atoms with E-state index < -0.39 is 0 Å². The van der Waals surface area contributed by atoms with Gasteiger partial charge in [0.05, 0.1) is 4.88 Å². The number of thiazole rings is 1. The summed E-state index contributed by atoms with van der Waals surface area (Å²) in [5.41, 5.74) is 2.74. The van der Waals surface area contributed by atoms with E-state index in [2.05, 4.69) is 10.3 Å². The molecule has 138 valence electrons. The molecule has 0 aliphatic heterocycles.